The minimum absolute atomic E-state index is 0.131. The zero-order valence-electron chi connectivity index (χ0n) is 20.6. The Bertz CT molecular complexity index is 1620. The fraction of sp³-hybridized carbons (Fsp3) is 0.241. The summed E-state index contributed by atoms with van der Waals surface area (Å²) in [4.78, 5) is 42.3. The number of carbonyl (C=O) groups excluding carboxylic acids is 4. The zero-order chi connectivity index (χ0) is 26.8. The largest absolute Gasteiger partial charge is 0.545 e. The summed E-state index contributed by atoms with van der Waals surface area (Å²) < 4.78 is 13.4. The molecule has 2 aromatic carbocycles. The summed E-state index contributed by atoms with van der Waals surface area (Å²) in [5.41, 5.74) is 4.14. The molecule has 0 bridgehead atoms. The van der Waals surface area contributed by atoms with Crippen molar-refractivity contribution in [3.63, 3.8) is 0 Å². The van der Waals surface area contributed by atoms with Crippen LogP contribution in [0.4, 0.5) is 5.69 Å². The van der Waals surface area contributed by atoms with Crippen molar-refractivity contribution in [2.75, 3.05) is 38.2 Å². The number of aromatic carboxylic acids is 1. The Morgan fingerprint density at radius 2 is 1.76 bits per heavy atom. The topological polar surface area (TPSA) is 120 Å². The fourth-order valence-corrected chi connectivity index (χ4v) is 5.01. The highest BCUT2D eigenvalue weighted by Gasteiger charge is 2.38. The predicted molar refractivity (Wildman–Crippen MR) is 135 cm³/mol. The van der Waals surface area contributed by atoms with Crippen molar-refractivity contribution in [2.24, 2.45) is 5.92 Å². The standard InChI is InChI=1S/C28H24N2O5.CO2/c1-34-28(33)17-15-30(16-17)19-8-10-23-25(14-19)35-24-13-18(29-11-4-12-29)7-9-22(24)26(23)20-5-2-3-6-21(20)27(31)32;2-1-3/h2-3,5-10,13-14,17H,4,11-12,15-16H2,1H3;. The summed E-state index contributed by atoms with van der Waals surface area (Å²) in [6.07, 6.45) is 1.42. The van der Waals surface area contributed by atoms with Crippen molar-refractivity contribution in [2.45, 2.75) is 6.42 Å². The summed E-state index contributed by atoms with van der Waals surface area (Å²) in [5.74, 6) is -0.891. The molecule has 0 radical (unpaired) electrons. The van der Waals surface area contributed by atoms with Crippen LogP contribution in [0.15, 0.2) is 65.1 Å². The normalized spacial score (nSPS) is 16.1. The third kappa shape index (κ3) is 4.44. The van der Waals surface area contributed by atoms with Gasteiger partial charge in [-0.15, -0.1) is 0 Å². The van der Waals surface area contributed by atoms with Crippen LogP contribution in [0.2, 0.25) is 0 Å². The number of hydrogen-bond acceptors (Lipinski definition) is 8. The number of carboxylic acid groups (broad SMARTS) is 1. The van der Waals surface area contributed by atoms with E-state index in [0.717, 1.165) is 40.6 Å². The molecule has 4 aliphatic rings. The number of carbonyl (C=O) groups is 2. The van der Waals surface area contributed by atoms with E-state index in [2.05, 4.69) is 15.5 Å². The monoisotopic (exact) mass is 512 g/mol. The van der Waals surface area contributed by atoms with Crippen molar-refractivity contribution in [1.82, 2.24) is 4.58 Å². The van der Waals surface area contributed by atoms with E-state index >= 15 is 0 Å². The average Bonchev–Trinajstić information content (AvgIpc) is 2.85. The van der Waals surface area contributed by atoms with Crippen LogP contribution in [-0.4, -0.2) is 51.4 Å². The van der Waals surface area contributed by atoms with Gasteiger partial charge in [-0.05, 0) is 30.2 Å². The van der Waals surface area contributed by atoms with Gasteiger partial charge in [-0.2, -0.15) is 9.59 Å². The van der Waals surface area contributed by atoms with Gasteiger partial charge >= 0.3 is 12.1 Å². The van der Waals surface area contributed by atoms with Gasteiger partial charge in [-0.3, -0.25) is 4.79 Å². The number of rotatable bonds is 4. The lowest BCUT2D eigenvalue weighted by molar-refractivity contribution is -0.255. The van der Waals surface area contributed by atoms with E-state index in [-0.39, 0.29) is 23.6 Å². The number of nitrogens with zero attached hydrogens (tertiary/aromatic N) is 2. The number of methoxy groups -OCH3 is 1. The molecule has 6 rings (SSSR count). The van der Waals surface area contributed by atoms with Crippen LogP contribution in [0, 0.1) is 5.92 Å². The van der Waals surface area contributed by atoms with Crippen molar-refractivity contribution < 1.29 is 33.4 Å². The number of fused-ring (bicyclic) bond motifs is 2. The molecule has 3 aliphatic heterocycles. The minimum Gasteiger partial charge on any atom is -0.545 e. The summed E-state index contributed by atoms with van der Waals surface area (Å²) >= 11 is 0. The molecule has 1 aliphatic carbocycles. The first-order valence-electron chi connectivity index (χ1n) is 12.2. The molecule has 192 valence electrons. The first-order chi connectivity index (χ1) is 18.4. The molecule has 0 atom stereocenters. The van der Waals surface area contributed by atoms with E-state index in [1.165, 1.54) is 13.5 Å². The van der Waals surface area contributed by atoms with Gasteiger partial charge in [0.25, 0.3) is 0 Å². The van der Waals surface area contributed by atoms with E-state index in [1.54, 1.807) is 12.1 Å². The molecule has 2 saturated heterocycles. The van der Waals surface area contributed by atoms with Gasteiger partial charge in [-0.25, -0.2) is 4.58 Å². The van der Waals surface area contributed by atoms with Crippen LogP contribution >= 0.6 is 0 Å². The number of anilines is 1. The van der Waals surface area contributed by atoms with E-state index in [1.807, 2.05) is 42.5 Å². The van der Waals surface area contributed by atoms with Gasteiger partial charge in [0.15, 0.2) is 19.0 Å². The number of esters is 1. The zero-order valence-corrected chi connectivity index (χ0v) is 20.6. The van der Waals surface area contributed by atoms with Crippen LogP contribution < -0.4 is 19.9 Å². The molecule has 0 amide bonds. The van der Waals surface area contributed by atoms with E-state index in [9.17, 15) is 14.7 Å². The van der Waals surface area contributed by atoms with Crippen LogP contribution in [0.3, 0.4) is 0 Å². The Morgan fingerprint density at radius 3 is 2.42 bits per heavy atom. The Balaban J connectivity index is 0.000000937. The number of carboxylic acids is 1. The highest BCUT2D eigenvalue weighted by Crippen LogP contribution is 2.42. The van der Waals surface area contributed by atoms with E-state index in [0.29, 0.717) is 30.0 Å². The Labute approximate surface area is 217 Å². The second-order valence-electron chi connectivity index (χ2n) is 9.22. The Morgan fingerprint density at radius 1 is 1.03 bits per heavy atom. The van der Waals surface area contributed by atoms with Gasteiger partial charge in [-0.1, -0.05) is 24.3 Å². The highest BCUT2D eigenvalue weighted by molar-refractivity contribution is 6.07. The lowest BCUT2D eigenvalue weighted by Gasteiger charge is -2.33. The van der Waals surface area contributed by atoms with Gasteiger partial charge < -0.3 is 24.0 Å². The van der Waals surface area contributed by atoms with Crippen molar-refractivity contribution in [3.05, 3.63) is 71.6 Å². The van der Waals surface area contributed by atoms with Gasteiger partial charge in [0.2, 0.25) is 5.36 Å². The maximum Gasteiger partial charge on any atom is 0.373 e. The molecule has 0 unspecified atom stereocenters. The second kappa shape index (κ2) is 10.3. The van der Waals surface area contributed by atoms with Gasteiger partial charge in [0.1, 0.15) is 11.3 Å². The fourth-order valence-electron chi connectivity index (χ4n) is 5.01. The summed E-state index contributed by atoms with van der Waals surface area (Å²) in [7, 11) is 1.41. The third-order valence-electron chi connectivity index (χ3n) is 7.11. The quantitative estimate of drug-likeness (QED) is 0.231. The first kappa shape index (κ1) is 24.9. The lowest BCUT2D eigenvalue weighted by atomic mass is 9.90. The van der Waals surface area contributed by atoms with Gasteiger partial charge in [0, 0.05) is 53.0 Å². The predicted octanol–water partition coefficient (Wildman–Crippen LogP) is 1.77. The molecule has 0 N–H and O–H groups in total. The molecule has 38 heavy (non-hydrogen) atoms. The summed E-state index contributed by atoms with van der Waals surface area (Å²) in [6.45, 7) is 3.20. The second-order valence-corrected chi connectivity index (χ2v) is 9.22. The van der Waals surface area contributed by atoms with Crippen LogP contribution in [0.1, 0.15) is 16.8 Å². The molecule has 3 heterocycles. The summed E-state index contributed by atoms with van der Waals surface area (Å²) in [6, 6.07) is 18.9. The van der Waals surface area contributed by atoms with E-state index < -0.39 is 5.97 Å². The lowest BCUT2D eigenvalue weighted by Crippen LogP contribution is -2.52. The number of ether oxygens (including phenoxy) is 1. The van der Waals surface area contributed by atoms with E-state index in [4.69, 9.17) is 18.7 Å². The number of benzene rings is 3. The van der Waals surface area contributed by atoms with Crippen molar-refractivity contribution >= 4 is 34.7 Å². The molecule has 0 spiro atoms. The molecular formula is C29H24N2O7. The van der Waals surface area contributed by atoms with Crippen LogP contribution in [0.5, 0.6) is 0 Å². The molecule has 9 heteroatoms. The smallest absolute Gasteiger partial charge is 0.373 e. The number of hydrogen-bond donors (Lipinski definition) is 0. The first-order valence-corrected chi connectivity index (χ1v) is 12.2. The average molecular weight is 513 g/mol. The molecule has 0 saturated carbocycles. The molecule has 0 aromatic heterocycles. The molecule has 2 aromatic rings. The van der Waals surface area contributed by atoms with Crippen molar-refractivity contribution in [1.29, 1.82) is 0 Å². The van der Waals surface area contributed by atoms with Crippen LogP contribution in [0.25, 0.3) is 33.4 Å². The highest BCUT2D eigenvalue weighted by atomic mass is 16.5. The Hall–Kier alpha value is -4.75. The van der Waals surface area contributed by atoms with Gasteiger partial charge in [0.05, 0.1) is 19.1 Å². The minimum atomic E-state index is -1.22. The van der Waals surface area contributed by atoms with Crippen LogP contribution in [-0.2, 0) is 19.1 Å². The molecule has 2 fully saturated rings. The molecule has 9 nitrogen and oxygen atoms in total. The third-order valence-corrected chi connectivity index (χ3v) is 7.11. The van der Waals surface area contributed by atoms with Crippen molar-refractivity contribution in [3.8, 4) is 22.5 Å². The maximum absolute atomic E-state index is 12.0. The summed E-state index contributed by atoms with van der Waals surface area (Å²) in [5, 5.41) is 13.8. The Kier molecular flexibility index (Phi) is 6.77. The molecular weight excluding hydrogens is 488 g/mol. The maximum atomic E-state index is 12.0. The SMILES string of the molecule is COC(=O)C1C[N+](=c2ccc3c(-c4ccccc4C(=O)[O-])c4ccc(N5CCC5)cc4oc-3c2)C1.O=C=O.